The molecule has 2 rings (SSSR count). The summed E-state index contributed by atoms with van der Waals surface area (Å²) in [5.74, 6) is 1.33. The molecule has 1 fully saturated rings. The third kappa shape index (κ3) is 4.26. The summed E-state index contributed by atoms with van der Waals surface area (Å²) in [7, 11) is 0. The summed E-state index contributed by atoms with van der Waals surface area (Å²) >= 11 is 1.44. The number of nitrogen functional groups attached to an aromatic ring is 1. The SMILES string of the molecule is CSc1nc(N)cc(NCCC(=O)N2CCCCC2)n1. The smallest absolute Gasteiger partial charge is 0.224 e. The van der Waals surface area contributed by atoms with Crippen LogP contribution in [-0.2, 0) is 4.79 Å². The van der Waals surface area contributed by atoms with E-state index in [1.54, 1.807) is 6.07 Å². The second-order valence-electron chi connectivity index (χ2n) is 4.78. The van der Waals surface area contributed by atoms with Gasteiger partial charge in [-0.05, 0) is 25.5 Å². The van der Waals surface area contributed by atoms with Gasteiger partial charge in [0, 0.05) is 32.1 Å². The van der Waals surface area contributed by atoms with E-state index in [1.165, 1.54) is 18.2 Å². The van der Waals surface area contributed by atoms with E-state index in [4.69, 9.17) is 5.73 Å². The number of hydrogen-bond acceptors (Lipinski definition) is 6. The molecular formula is C13H21N5OS. The highest BCUT2D eigenvalue weighted by molar-refractivity contribution is 7.98. The largest absolute Gasteiger partial charge is 0.383 e. The summed E-state index contributed by atoms with van der Waals surface area (Å²) in [5, 5.41) is 3.77. The van der Waals surface area contributed by atoms with Gasteiger partial charge in [0.1, 0.15) is 11.6 Å². The number of nitrogens with one attached hydrogen (secondary N) is 1. The van der Waals surface area contributed by atoms with Gasteiger partial charge in [0.15, 0.2) is 5.16 Å². The molecular weight excluding hydrogens is 274 g/mol. The molecule has 0 atom stereocenters. The number of likely N-dealkylation sites (tertiary alicyclic amines) is 1. The fourth-order valence-corrected chi connectivity index (χ4v) is 2.61. The van der Waals surface area contributed by atoms with Crippen molar-refractivity contribution in [1.29, 1.82) is 0 Å². The summed E-state index contributed by atoms with van der Waals surface area (Å²) in [6.45, 7) is 2.37. The van der Waals surface area contributed by atoms with Crippen molar-refractivity contribution >= 4 is 29.3 Å². The lowest BCUT2D eigenvalue weighted by Gasteiger charge is -2.26. The van der Waals surface area contributed by atoms with Crippen LogP contribution in [0.15, 0.2) is 11.2 Å². The molecule has 2 heterocycles. The summed E-state index contributed by atoms with van der Waals surface area (Å²) < 4.78 is 0. The number of aromatic nitrogens is 2. The monoisotopic (exact) mass is 295 g/mol. The third-order valence-electron chi connectivity index (χ3n) is 3.26. The maximum absolute atomic E-state index is 12.0. The molecule has 6 nitrogen and oxygen atoms in total. The molecule has 0 radical (unpaired) electrons. The highest BCUT2D eigenvalue weighted by Gasteiger charge is 2.15. The molecule has 0 bridgehead atoms. The van der Waals surface area contributed by atoms with Crippen molar-refractivity contribution in [3.63, 3.8) is 0 Å². The predicted molar refractivity (Wildman–Crippen MR) is 81.8 cm³/mol. The van der Waals surface area contributed by atoms with E-state index in [2.05, 4.69) is 15.3 Å². The Morgan fingerprint density at radius 3 is 2.85 bits per heavy atom. The van der Waals surface area contributed by atoms with E-state index in [1.807, 2.05) is 11.2 Å². The molecule has 1 aliphatic heterocycles. The Morgan fingerprint density at radius 1 is 1.40 bits per heavy atom. The standard InChI is InChI=1S/C13H21N5OS/c1-20-13-16-10(14)9-11(17-13)15-6-5-12(19)18-7-3-2-4-8-18/h9H,2-8H2,1H3,(H3,14,15,16,17). The summed E-state index contributed by atoms with van der Waals surface area (Å²) in [4.78, 5) is 22.3. The van der Waals surface area contributed by atoms with Crippen LogP contribution >= 0.6 is 11.8 Å². The maximum Gasteiger partial charge on any atom is 0.224 e. The molecule has 1 aromatic rings. The fraction of sp³-hybridized carbons (Fsp3) is 0.615. The zero-order valence-corrected chi connectivity index (χ0v) is 12.6. The van der Waals surface area contributed by atoms with E-state index in [9.17, 15) is 4.79 Å². The molecule has 7 heteroatoms. The van der Waals surface area contributed by atoms with E-state index < -0.39 is 0 Å². The van der Waals surface area contributed by atoms with Crippen LogP contribution in [0.3, 0.4) is 0 Å². The molecule has 1 aliphatic rings. The number of thioether (sulfide) groups is 1. The topological polar surface area (TPSA) is 84.1 Å². The van der Waals surface area contributed by atoms with Gasteiger partial charge >= 0.3 is 0 Å². The van der Waals surface area contributed by atoms with Crippen molar-refractivity contribution in [1.82, 2.24) is 14.9 Å². The van der Waals surface area contributed by atoms with E-state index in [0.29, 0.717) is 29.8 Å². The van der Waals surface area contributed by atoms with Crippen LogP contribution in [0.2, 0.25) is 0 Å². The van der Waals surface area contributed by atoms with E-state index in [0.717, 1.165) is 25.9 Å². The van der Waals surface area contributed by atoms with Gasteiger partial charge in [-0.15, -0.1) is 0 Å². The molecule has 1 aromatic heterocycles. The van der Waals surface area contributed by atoms with Crippen LogP contribution in [0.4, 0.5) is 11.6 Å². The van der Waals surface area contributed by atoms with Crippen LogP contribution < -0.4 is 11.1 Å². The van der Waals surface area contributed by atoms with Gasteiger partial charge in [-0.3, -0.25) is 4.79 Å². The van der Waals surface area contributed by atoms with Crippen LogP contribution in [-0.4, -0.2) is 46.7 Å². The molecule has 1 saturated heterocycles. The Labute approximate surface area is 123 Å². The van der Waals surface area contributed by atoms with Crippen LogP contribution in [0.5, 0.6) is 0 Å². The summed E-state index contributed by atoms with van der Waals surface area (Å²) in [6, 6.07) is 1.69. The molecule has 0 unspecified atom stereocenters. The lowest BCUT2D eigenvalue weighted by molar-refractivity contribution is -0.131. The molecule has 3 N–H and O–H groups in total. The number of amides is 1. The Balaban J connectivity index is 1.80. The second-order valence-corrected chi connectivity index (χ2v) is 5.56. The van der Waals surface area contributed by atoms with Crippen LogP contribution in [0.1, 0.15) is 25.7 Å². The minimum Gasteiger partial charge on any atom is -0.383 e. The molecule has 0 spiro atoms. The molecule has 1 amide bonds. The average molecular weight is 295 g/mol. The van der Waals surface area contributed by atoms with E-state index >= 15 is 0 Å². The molecule has 0 aliphatic carbocycles. The van der Waals surface area contributed by atoms with Gasteiger partial charge in [0.2, 0.25) is 5.91 Å². The summed E-state index contributed by atoms with van der Waals surface area (Å²) in [6.07, 6.45) is 5.87. The van der Waals surface area contributed by atoms with Crippen molar-refractivity contribution in [2.24, 2.45) is 0 Å². The van der Waals surface area contributed by atoms with Crippen LogP contribution in [0.25, 0.3) is 0 Å². The number of anilines is 2. The normalized spacial score (nSPS) is 15.2. The molecule has 0 aromatic carbocycles. The van der Waals surface area contributed by atoms with Crippen LogP contribution in [0, 0.1) is 0 Å². The first-order chi connectivity index (χ1) is 9.69. The summed E-state index contributed by atoms with van der Waals surface area (Å²) in [5.41, 5.74) is 5.70. The molecule has 110 valence electrons. The Hall–Kier alpha value is -1.50. The Bertz CT molecular complexity index is 462. The first-order valence-electron chi connectivity index (χ1n) is 6.89. The second kappa shape index (κ2) is 7.33. The van der Waals surface area contributed by atoms with Gasteiger partial charge in [0.05, 0.1) is 0 Å². The van der Waals surface area contributed by atoms with E-state index in [-0.39, 0.29) is 5.91 Å². The van der Waals surface area contributed by atoms with Gasteiger partial charge < -0.3 is 16.0 Å². The molecule has 20 heavy (non-hydrogen) atoms. The van der Waals surface area contributed by atoms with Gasteiger partial charge in [0.25, 0.3) is 0 Å². The Kier molecular flexibility index (Phi) is 5.46. The lowest BCUT2D eigenvalue weighted by atomic mass is 10.1. The lowest BCUT2D eigenvalue weighted by Crippen LogP contribution is -2.36. The zero-order valence-electron chi connectivity index (χ0n) is 11.8. The average Bonchev–Trinajstić information content (AvgIpc) is 2.47. The minimum absolute atomic E-state index is 0.212. The zero-order chi connectivity index (χ0) is 14.4. The van der Waals surface area contributed by atoms with Crippen molar-refractivity contribution in [2.75, 3.05) is 36.9 Å². The maximum atomic E-state index is 12.0. The highest BCUT2D eigenvalue weighted by atomic mass is 32.2. The van der Waals surface area contributed by atoms with Crippen molar-refractivity contribution in [2.45, 2.75) is 30.8 Å². The fourth-order valence-electron chi connectivity index (χ4n) is 2.22. The number of hydrogen-bond donors (Lipinski definition) is 2. The Morgan fingerprint density at radius 2 is 2.15 bits per heavy atom. The van der Waals surface area contributed by atoms with Gasteiger partial charge in [-0.2, -0.15) is 0 Å². The van der Waals surface area contributed by atoms with Crippen molar-refractivity contribution < 1.29 is 4.79 Å². The highest BCUT2D eigenvalue weighted by Crippen LogP contribution is 2.15. The van der Waals surface area contributed by atoms with Crippen molar-refractivity contribution in [3.8, 4) is 0 Å². The predicted octanol–water partition coefficient (Wildman–Crippen LogP) is 1.60. The first-order valence-corrected chi connectivity index (χ1v) is 8.11. The number of carbonyl (C=O) groups excluding carboxylic acids is 1. The molecule has 0 saturated carbocycles. The van der Waals surface area contributed by atoms with Gasteiger partial charge in [-0.1, -0.05) is 11.8 Å². The number of rotatable bonds is 5. The first kappa shape index (κ1) is 14.9. The number of piperidine rings is 1. The number of carbonyl (C=O) groups is 1. The number of nitrogens with zero attached hydrogens (tertiary/aromatic N) is 3. The minimum atomic E-state index is 0.212. The number of nitrogens with two attached hydrogens (primary N) is 1. The van der Waals surface area contributed by atoms with Gasteiger partial charge in [-0.25, -0.2) is 9.97 Å². The quantitative estimate of drug-likeness (QED) is 0.634. The van der Waals surface area contributed by atoms with Crippen molar-refractivity contribution in [3.05, 3.63) is 6.07 Å². The third-order valence-corrected chi connectivity index (χ3v) is 3.81.